The smallest absolute Gasteiger partial charge is 0.362 e. The highest BCUT2D eigenvalue weighted by molar-refractivity contribution is 7.93. The first kappa shape index (κ1) is 17.5. The van der Waals surface area contributed by atoms with Crippen LogP contribution in [0.1, 0.15) is 25.7 Å². The quantitative estimate of drug-likeness (QED) is 0.786. The first-order valence-corrected chi connectivity index (χ1v) is 9.11. The summed E-state index contributed by atoms with van der Waals surface area (Å²) >= 11 is 0. The number of rotatable bonds is 3. The number of hydrogen-bond acceptors (Lipinski definition) is 4. The molecule has 2 aliphatic rings. The van der Waals surface area contributed by atoms with Gasteiger partial charge in [-0.2, -0.15) is 13.2 Å². The zero-order valence-corrected chi connectivity index (χ0v) is 13.3. The molecule has 2 saturated heterocycles. The van der Waals surface area contributed by atoms with Gasteiger partial charge in [0.1, 0.15) is 13.2 Å². The van der Waals surface area contributed by atoms with Crippen LogP contribution in [-0.2, 0) is 19.3 Å². The van der Waals surface area contributed by atoms with Crippen molar-refractivity contribution in [2.75, 3.05) is 38.3 Å². The Hall–Kier alpha value is -0.830. The predicted octanol–water partition coefficient (Wildman–Crippen LogP) is 1.82. The first-order valence-electron chi connectivity index (χ1n) is 7.25. The van der Waals surface area contributed by atoms with E-state index in [2.05, 4.69) is 9.10 Å². The molecule has 0 aromatic carbocycles. The summed E-state index contributed by atoms with van der Waals surface area (Å²) in [7, 11) is -0.797. The molecule has 0 aromatic rings. The molecule has 0 saturated carbocycles. The summed E-state index contributed by atoms with van der Waals surface area (Å²) in [5.41, 5.74) is -0.520. The molecular weight excluding hydrogens is 321 g/mol. The average molecular weight is 342 g/mol. The minimum absolute atomic E-state index is 0.321. The van der Waals surface area contributed by atoms with Crippen LogP contribution in [0.25, 0.3) is 0 Å². The van der Waals surface area contributed by atoms with Gasteiger partial charge in [0.05, 0.1) is 11.3 Å². The number of halogens is 3. The highest BCUT2D eigenvalue weighted by Gasteiger charge is 2.47. The van der Waals surface area contributed by atoms with Crippen molar-refractivity contribution in [3.05, 3.63) is 0 Å². The first-order chi connectivity index (χ1) is 10.2. The van der Waals surface area contributed by atoms with Crippen LogP contribution in [0.15, 0.2) is 4.36 Å². The monoisotopic (exact) mass is 342 g/mol. The lowest BCUT2D eigenvalue weighted by molar-refractivity contribution is -0.178. The van der Waals surface area contributed by atoms with E-state index in [0.29, 0.717) is 24.5 Å². The highest BCUT2D eigenvalue weighted by atomic mass is 32.2. The van der Waals surface area contributed by atoms with Gasteiger partial charge in [-0.05, 0) is 25.7 Å². The maximum absolute atomic E-state index is 12.6. The van der Waals surface area contributed by atoms with Crippen molar-refractivity contribution in [3.63, 3.8) is 0 Å². The second-order valence-corrected chi connectivity index (χ2v) is 8.50. The largest absolute Gasteiger partial charge is 0.411 e. The second kappa shape index (κ2) is 6.35. The molecule has 0 N–H and O–H groups in total. The van der Waals surface area contributed by atoms with E-state index < -0.39 is 40.6 Å². The third kappa shape index (κ3) is 3.92. The standard InChI is InChI=1S/C13H21F3N2O3S/c1-17-22(20)7-3-5-12(10-22)4-2-6-18(12)11(19)8-21-9-13(14,15)16/h2-10H2,1H3. The van der Waals surface area contributed by atoms with E-state index >= 15 is 0 Å². The number of carbonyl (C=O) groups excluding carboxylic acids is 1. The predicted molar refractivity (Wildman–Crippen MR) is 76.0 cm³/mol. The molecule has 0 radical (unpaired) electrons. The van der Waals surface area contributed by atoms with Gasteiger partial charge >= 0.3 is 6.18 Å². The fourth-order valence-corrected chi connectivity index (χ4v) is 5.75. The van der Waals surface area contributed by atoms with E-state index in [1.54, 1.807) is 4.90 Å². The van der Waals surface area contributed by atoms with Gasteiger partial charge in [-0.3, -0.25) is 4.79 Å². The van der Waals surface area contributed by atoms with Crippen LogP contribution in [0.2, 0.25) is 0 Å². The molecule has 2 fully saturated rings. The molecule has 2 unspecified atom stereocenters. The summed E-state index contributed by atoms with van der Waals surface area (Å²) in [6.07, 6.45) is -1.51. The van der Waals surface area contributed by atoms with E-state index in [4.69, 9.17) is 0 Å². The molecule has 2 heterocycles. The number of carbonyl (C=O) groups is 1. The summed E-state index contributed by atoms with van der Waals surface area (Å²) in [5.74, 6) is 0.390. The molecule has 0 aliphatic carbocycles. The van der Waals surface area contributed by atoms with Gasteiger partial charge in [0.2, 0.25) is 5.91 Å². The summed E-state index contributed by atoms with van der Waals surface area (Å²) in [5, 5.41) is 0. The van der Waals surface area contributed by atoms with E-state index in [9.17, 15) is 22.2 Å². The molecule has 9 heteroatoms. The summed E-state index contributed by atoms with van der Waals surface area (Å²) in [6.45, 7) is -1.54. The molecule has 22 heavy (non-hydrogen) atoms. The number of nitrogens with zero attached hydrogens (tertiary/aromatic N) is 2. The van der Waals surface area contributed by atoms with Crippen molar-refractivity contribution in [3.8, 4) is 0 Å². The number of hydrogen-bond donors (Lipinski definition) is 0. The van der Waals surface area contributed by atoms with Crippen molar-refractivity contribution in [1.29, 1.82) is 0 Å². The molecule has 0 bridgehead atoms. The topological polar surface area (TPSA) is 59.0 Å². The van der Waals surface area contributed by atoms with E-state index in [-0.39, 0.29) is 0 Å². The Labute approximate surface area is 128 Å². The van der Waals surface area contributed by atoms with Crippen LogP contribution >= 0.6 is 0 Å². The minimum atomic E-state index is -4.44. The Bertz CT molecular complexity index is 543. The fourth-order valence-electron chi connectivity index (χ4n) is 3.42. The Morgan fingerprint density at radius 2 is 2.05 bits per heavy atom. The lowest BCUT2D eigenvalue weighted by Gasteiger charge is -2.42. The van der Waals surface area contributed by atoms with Gasteiger partial charge in [-0.25, -0.2) is 8.57 Å². The Morgan fingerprint density at radius 3 is 2.68 bits per heavy atom. The fraction of sp³-hybridized carbons (Fsp3) is 0.923. The molecule has 5 nitrogen and oxygen atoms in total. The Morgan fingerprint density at radius 1 is 1.36 bits per heavy atom. The van der Waals surface area contributed by atoms with Crippen LogP contribution in [-0.4, -0.2) is 65.0 Å². The zero-order chi connectivity index (χ0) is 16.4. The van der Waals surface area contributed by atoms with E-state index in [0.717, 1.165) is 19.3 Å². The normalized spacial score (nSPS) is 32.5. The minimum Gasteiger partial charge on any atom is -0.362 e. The summed E-state index contributed by atoms with van der Waals surface area (Å²) in [4.78, 5) is 13.8. The SMILES string of the molecule is CN=S1(=O)CCCC2(CCCN2C(=O)COCC(F)(F)F)C1. The maximum atomic E-state index is 12.6. The van der Waals surface area contributed by atoms with Gasteiger partial charge in [0, 0.05) is 29.1 Å². The zero-order valence-electron chi connectivity index (χ0n) is 12.5. The lowest BCUT2D eigenvalue weighted by Crippen LogP contribution is -2.55. The van der Waals surface area contributed by atoms with Crippen molar-refractivity contribution >= 4 is 15.6 Å². The van der Waals surface area contributed by atoms with Crippen LogP contribution in [0.4, 0.5) is 13.2 Å². The Balaban J connectivity index is 2.04. The van der Waals surface area contributed by atoms with Crippen LogP contribution in [0, 0.1) is 0 Å². The van der Waals surface area contributed by atoms with Gasteiger partial charge in [0.25, 0.3) is 0 Å². The maximum Gasteiger partial charge on any atom is 0.411 e. The Kier molecular flexibility index (Phi) is 5.06. The number of amides is 1. The van der Waals surface area contributed by atoms with Gasteiger partial charge in [0.15, 0.2) is 0 Å². The van der Waals surface area contributed by atoms with Crippen molar-refractivity contribution < 1.29 is 26.9 Å². The van der Waals surface area contributed by atoms with Crippen molar-refractivity contribution in [2.24, 2.45) is 4.36 Å². The molecule has 2 rings (SSSR count). The summed E-state index contributed by atoms with van der Waals surface area (Å²) < 4.78 is 57.3. The van der Waals surface area contributed by atoms with Crippen LogP contribution in [0.5, 0.6) is 0 Å². The van der Waals surface area contributed by atoms with E-state index in [1.165, 1.54) is 7.05 Å². The molecule has 2 atom stereocenters. The molecule has 2 aliphatic heterocycles. The third-order valence-electron chi connectivity index (χ3n) is 4.32. The van der Waals surface area contributed by atoms with Crippen molar-refractivity contribution in [1.82, 2.24) is 4.90 Å². The van der Waals surface area contributed by atoms with Gasteiger partial charge in [-0.15, -0.1) is 0 Å². The number of ether oxygens (including phenoxy) is 1. The summed E-state index contributed by atoms with van der Waals surface area (Å²) in [6, 6.07) is 0. The number of likely N-dealkylation sites (tertiary alicyclic amines) is 1. The van der Waals surface area contributed by atoms with Crippen LogP contribution in [0.3, 0.4) is 0 Å². The molecular formula is C13H21F3N2O3S. The molecule has 1 amide bonds. The van der Waals surface area contributed by atoms with Crippen molar-refractivity contribution in [2.45, 2.75) is 37.4 Å². The average Bonchev–Trinajstić information content (AvgIpc) is 2.80. The highest BCUT2D eigenvalue weighted by Crippen LogP contribution is 2.38. The second-order valence-electron chi connectivity index (χ2n) is 5.89. The number of alkyl halides is 3. The van der Waals surface area contributed by atoms with E-state index in [1.807, 2.05) is 0 Å². The molecule has 1 spiro atoms. The molecule has 128 valence electrons. The lowest BCUT2D eigenvalue weighted by atomic mass is 9.92. The van der Waals surface area contributed by atoms with Crippen LogP contribution < -0.4 is 0 Å². The van der Waals surface area contributed by atoms with Gasteiger partial charge in [-0.1, -0.05) is 0 Å². The van der Waals surface area contributed by atoms with Gasteiger partial charge < -0.3 is 9.64 Å². The third-order valence-corrected chi connectivity index (χ3v) is 6.90. The molecule has 0 aromatic heterocycles.